The van der Waals surface area contributed by atoms with Crippen LogP contribution >= 0.6 is 11.8 Å². The number of hydrogen-bond acceptors (Lipinski definition) is 4. The monoisotopic (exact) mass is 261 g/mol. The number of aromatic amines is 1. The molecule has 3 N–H and O–H groups in total. The first-order valence-corrected chi connectivity index (χ1v) is 6.59. The SMILES string of the molecule is Cc1ccc(SCc2nc(N)c(C)c(=O)[nH]2)cc1. The molecule has 0 unspecified atom stereocenters. The van der Waals surface area contributed by atoms with E-state index in [1.165, 1.54) is 5.56 Å². The minimum atomic E-state index is -0.165. The van der Waals surface area contributed by atoms with E-state index in [0.29, 0.717) is 23.0 Å². The van der Waals surface area contributed by atoms with Crippen LogP contribution in [0, 0.1) is 13.8 Å². The molecule has 1 aromatic carbocycles. The van der Waals surface area contributed by atoms with E-state index in [9.17, 15) is 4.79 Å². The maximum atomic E-state index is 11.5. The zero-order valence-electron chi connectivity index (χ0n) is 10.4. The Morgan fingerprint density at radius 3 is 2.56 bits per heavy atom. The lowest BCUT2D eigenvalue weighted by Crippen LogP contribution is -2.16. The fourth-order valence-corrected chi connectivity index (χ4v) is 2.22. The molecule has 0 aliphatic carbocycles. The van der Waals surface area contributed by atoms with Gasteiger partial charge < -0.3 is 10.7 Å². The molecule has 4 nitrogen and oxygen atoms in total. The Morgan fingerprint density at radius 1 is 1.28 bits per heavy atom. The van der Waals surface area contributed by atoms with Crippen LogP contribution in [0.3, 0.4) is 0 Å². The molecule has 5 heteroatoms. The predicted molar refractivity (Wildman–Crippen MR) is 74.7 cm³/mol. The molecule has 0 bridgehead atoms. The van der Waals surface area contributed by atoms with Crippen molar-refractivity contribution < 1.29 is 0 Å². The molecule has 0 aliphatic heterocycles. The van der Waals surface area contributed by atoms with E-state index in [2.05, 4.69) is 34.2 Å². The van der Waals surface area contributed by atoms with Crippen molar-refractivity contribution in [2.24, 2.45) is 0 Å². The van der Waals surface area contributed by atoms with Gasteiger partial charge in [-0.05, 0) is 26.0 Å². The van der Waals surface area contributed by atoms with Crippen molar-refractivity contribution in [2.45, 2.75) is 24.5 Å². The lowest BCUT2D eigenvalue weighted by atomic mass is 10.2. The fraction of sp³-hybridized carbons (Fsp3) is 0.231. The van der Waals surface area contributed by atoms with Gasteiger partial charge in [0, 0.05) is 4.90 Å². The Kier molecular flexibility index (Phi) is 3.72. The van der Waals surface area contributed by atoms with Gasteiger partial charge in [-0.1, -0.05) is 17.7 Å². The van der Waals surface area contributed by atoms with Crippen LogP contribution in [0.4, 0.5) is 5.82 Å². The third-order valence-electron chi connectivity index (χ3n) is 2.63. The Bertz CT molecular complexity index is 605. The zero-order chi connectivity index (χ0) is 13.1. The molecule has 94 valence electrons. The molecule has 2 aromatic rings. The average Bonchev–Trinajstić information content (AvgIpc) is 2.35. The summed E-state index contributed by atoms with van der Waals surface area (Å²) in [6, 6.07) is 8.22. The molecular weight excluding hydrogens is 246 g/mol. The summed E-state index contributed by atoms with van der Waals surface area (Å²) in [5.41, 5.74) is 7.20. The lowest BCUT2D eigenvalue weighted by Gasteiger charge is -2.04. The van der Waals surface area contributed by atoms with Gasteiger partial charge >= 0.3 is 0 Å². The number of nitrogens with two attached hydrogens (primary N) is 1. The van der Waals surface area contributed by atoms with E-state index in [1.54, 1.807) is 18.7 Å². The molecule has 0 saturated heterocycles. The highest BCUT2D eigenvalue weighted by Crippen LogP contribution is 2.21. The lowest BCUT2D eigenvalue weighted by molar-refractivity contribution is 0.988. The number of aryl methyl sites for hydroxylation is 1. The molecule has 0 amide bonds. The standard InChI is InChI=1S/C13H15N3OS/c1-8-3-5-10(6-4-8)18-7-11-15-12(14)9(2)13(17)16-11/h3-6H,7H2,1-2H3,(H3,14,15,16,17). The molecule has 0 saturated carbocycles. The van der Waals surface area contributed by atoms with E-state index in [-0.39, 0.29) is 5.56 Å². The van der Waals surface area contributed by atoms with Gasteiger partial charge in [0.05, 0.1) is 11.3 Å². The number of benzene rings is 1. The summed E-state index contributed by atoms with van der Waals surface area (Å²) < 4.78 is 0. The third kappa shape index (κ3) is 2.92. The molecular formula is C13H15N3OS. The third-order valence-corrected chi connectivity index (χ3v) is 3.66. The average molecular weight is 261 g/mol. The Balaban J connectivity index is 2.11. The normalized spacial score (nSPS) is 10.6. The number of anilines is 1. The van der Waals surface area contributed by atoms with Crippen molar-refractivity contribution >= 4 is 17.6 Å². The highest BCUT2D eigenvalue weighted by molar-refractivity contribution is 7.98. The second-order valence-electron chi connectivity index (χ2n) is 4.12. The first-order chi connectivity index (χ1) is 8.56. The second kappa shape index (κ2) is 5.27. The van der Waals surface area contributed by atoms with Crippen molar-refractivity contribution in [3.8, 4) is 0 Å². The number of nitrogens with one attached hydrogen (secondary N) is 1. The molecule has 1 aromatic heterocycles. The molecule has 0 fully saturated rings. The largest absolute Gasteiger partial charge is 0.383 e. The number of thioether (sulfide) groups is 1. The number of nitrogens with zero attached hydrogens (tertiary/aromatic N) is 1. The van der Waals surface area contributed by atoms with Gasteiger partial charge in [-0.15, -0.1) is 11.8 Å². The quantitative estimate of drug-likeness (QED) is 0.831. The molecule has 0 spiro atoms. The van der Waals surface area contributed by atoms with Crippen LogP contribution in [0.25, 0.3) is 0 Å². The summed E-state index contributed by atoms with van der Waals surface area (Å²) in [5, 5.41) is 0. The maximum absolute atomic E-state index is 11.5. The van der Waals surface area contributed by atoms with Gasteiger partial charge in [0.1, 0.15) is 11.6 Å². The fourth-order valence-electron chi connectivity index (χ4n) is 1.45. The topological polar surface area (TPSA) is 71.8 Å². The van der Waals surface area contributed by atoms with Crippen LogP contribution in [-0.2, 0) is 5.75 Å². The maximum Gasteiger partial charge on any atom is 0.255 e. The van der Waals surface area contributed by atoms with Gasteiger partial charge in [-0.25, -0.2) is 4.98 Å². The van der Waals surface area contributed by atoms with E-state index < -0.39 is 0 Å². The van der Waals surface area contributed by atoms with Crippen LogP contribution in [-0.4, -0.2) is 9.97 Å². The van der Waals surface area contributed by atoms with E-state index >= 15 is 0 Å². The number of rotatable bonds is 3. The van der Waals surface area contributed by atoms with E-state index in [4.69, 9.17) is 5.73 Å². The number of aromatic nitrogens is 2. The van der Waals surface area contributed by atoms with Gasteiger partial charge in [0.2, 0.25) is 0 Å². The molecule has 0 aliphatic rings. The number of H-pyrrole nitrogens is 1. The Morgan fingerprint density at radius 2 is 1.94 bits per heavy atom. The van der Waals surface area contributed by atoms with Crippen LogP contribution in [0.15, 0.2) is 34.0 Å². The Hall–Kier alpha value is -1.75. The van der Waals surface area contributed by atoms with Crippen molar-refractivity contribution in [3.05, 3.63) is 51.6 Å². The van der Waals surface area contributed by atoms with Gasteiger partial charge in [-0.2, -0.15) is 0 Å². The van der Waals surface area contributed by atoms with Crippen molar-refractivity contribution in [3.63, 3.8) is 0 Å². The molecule has 0 atom stereocenters. The highest BCUT2D eigenvalue weighted by atomic mass is 32.2. The second-order valence-corrected chi connectivity index (χ2v) is 5.17. The van der Waals surface area contributed by atoms with Crippen molar-refractivity contribution in [1.29, 1.82) is 0 Å². The van der Waals surface area contributed by atoms with Gasteiger partial charge in [-0.3, -0.25) is 4.79 Å². The van der Waals surface area contributed by atoms with Crippen LogP contribution in [0.2, 0.25) is 0 Å². The molecule has 18 heavy (non-hydrogen) atoms. The van der Waals surface area contributed by atoms with Crippen LogP contribution in [0.1, 0.15) is 17.0 Å². The van der Waals surface area contributed by atoms with Gasteiger partial charge in [0.15, 0.2) is 0 Å². The highest BCUT2D eigenvalue weighted by Gasteiger charge is 2.04. The molecule has 1 heterocycles. The molecule has 2 rings (SSSR count). The predicted octanol–water partition coefficient (Wildman–Crippen LogP) is 2.26. The Labute approximate surface area is 110 Å². The van der Waals surface area contributed by atoms with E-state index in [1.807, 2.05) is 6.92 Å². The summed E-state index contributed by atoms with van der Waals surface area (Å²) >= 11 is 1.62. The molecule has 0 radical (unpaired) electrons. The first kappa shape index (κ1) is 12.7. The van der Waals surface area contributed by atoms with E-state index in [0.717, 1.165) is 4.90 Å². The van der Waals surface area contributed by atoms with Crippen LogP contribution in [0.5, 0.6) is 0 Å². The minimum absolute atomic E-state index is 0.165. The smallest absolute Gasteiger partial charge is 0.255 e. The van der Waals surface area contributed by atoms with Crippen molar-refractivity contribution in [2.75, 3.05) is 5.73 Å². The summed E-state index contributed by atoms with van der Waals surface area (Å²) in [4.78, 5) is 19.6. The zero-order valence-corrected chi connectivity index (χ0v) is 11.2. The first-order valence-electron chi connectivity index (χ1n) is 5.61. The summed E-state index contributed by atoms with van der Waals surface area (Å²) in [5.74, 6) is 1.51. The van der Waals surface area contributed by atoms with Crippen molar-refractivity contribution in [1.82, 2.24) is 9.97 Å². The number of hydrogen-bond donors (Lipinski definition) is 2. The minimum Gasteiger partial charge on any atom is -0.383 e. The summed E-state index contributed by atoms with van der Waals surface area (Å²) in [6.45, 7) is 3.71. The van der Waals surface area contributed by atoms with Crippen LogP contribution < -0.4 is 11.3 Å². The summed E-state index contributed by atoms with van der Waals surface area (Å²) in [7, 11) is 0. The summed E-state index contributed by atoms with van der Waals surface area (Å²) in [6.07, 6.45) is 0. The number of nitrogen functional groups attached to an aromatic ring is 1. The van der Waals surface area contributed by atoms with Gasteiger partial charge in [0.25, 0.3) is 5.56 Å².